The Morgan fingerprint density at radius 3 is 2.67 bits per heavy atom. The summed E-state index contributed by atoms with van der Waals surface area (Å²) in [5.41, 5.74) is 1.23. The van der Waals surface area contributed by atoms with E-state index >= 15 is 0 Å². The van der Waals surface area contributed by atoms with Crippen molar-refractivity contribution in [3.8, 4) is 5.75 Å². The zero-order valence-electron chi connectivity index (χ0n) is 10.7. The van der Waals surface area contributed by atoms with Gasteiger partial charge in [0.2, 0.25) is 0 Å². The van der Waals surface area contributed by atoms with Gasteiger partial charge in [-0.3, -0.25) is 0 Å². The summed E-state index contributed by atoms with van der Waals surface area (Å²) in [6, 6.07) is 6.73. The molecule has 0 atom stereocenters. The summed E-state index contributed by atoms with van der Waals surface area (Å²) < 4.78 is 5.42. The molecule has 0 radical (unpaired) electrons. The maximum atomic E-state index is 6.15. The van der Waals surface area contributed by atoms with E-state index in [1.807, 2.05) is 19.1 Å². The Hall–Kier alpha value is -0.440. The Kier molecular flexibility index (Phi) is 6.83. The quantitative estimate of drug-likeness (QED) is 0.877. The second-order valence-corrected chi connectivity index (χ2v) is 4.97. The minimum atomic E-state index is 0. The van der Waals surface area contributed by atoms with Gasteiger partial charge in [-0.2, -0.15) is 0 Å². The fraction of sp³-hybridized carbons (Fsp3) is 0.571. The average Bonchev–Trinajstić information content (AvgIpc) is 2.83. The van der Waals surface area contributed by atoms with Gasteiger partial charge in [-0.15, -0.1) is 12.4 Å². The standard InChI is InChI=1S/C14H20ClNO.ClH/c1-2-17-14-8-7-11(9-13(14)15)10-16-12-5-3-4-6-12;/h7-9,12,16H,2-6,10H2,1H3;1H. The van der Waals surface area contributed by atoms with E-state index in [2.05, 4.69) is 11.4 Å². The molecular weight excluding hydrogens is 269 g/mol. The first-order valence-corrected chi connectivity index (χ1v) is 6.82. The fourth-order valence-corrected chi connectivity index (χ4v) is 2.58. The molecule has 0 saturated heterocycles. The number of hydrogen-bond donors (Lipinski definition) is 1. The third kappa shape index (κ3) is 4.34. The molecule has 2 nitrogen and oxygen atoms in total. The van der Waals surface area contributed by atoms with Crippen LogP contribution in [0.4, 0.5) is 0 Å². The van der Waals surface area contributed by atoms with Crippen molar-refractivity contribution < 1.29 is 4.74 Å². The number of ether oxygens (including phenoxy) is 1. The molecule has 1 fully saturated rings. The highest BCUT2D eigenvalue weighted by molar-refractivity contribution is 6.32. The molecule has 1 aliphatic rings. The van der Waals surface area contributed by atoms with Crippen LogP contribution in [0, 0.1) is 0 Å². The van der Waals surface area contributed by atoms with Crippen molar-refractivity contribution in [2.24, 2.45) is 0 Å². The highest BCUT2D eigenvalue weighted by Crippen LogP contribution is 2.25. The molecule has 1 N–H and O–H groups in total. The molecule has 18 heavy (non-hydrogen) atoms. The van der Waals surface area contributed by atoms with Crippen LogP contribution < -0.4 is 10.1 Å². The first-order valence-electron chi connectivity index (χ1n) is 6.44. The van der Waals surface area contributed by atoms with Crippen molar-refractivity contribution in [1.29, 1.82) is 0 Å². The monoisotopic (exact) mass is 289 g/mol. The van der Waals surface area contributed by atoms with Gasteiger partial charge in [0.25, 0.3) is 0 Å². The van der Waals surface area contributed by atoms with Gasteiger partial charge in [0.1, 0.15) is 5.75 Å². The summed E-state index contributed by atoms with van der Waals surface area (Å²) in [5.74, 6) is 0.777. The second kappa shape index (κ2) is 7.88. The Labute approximate surface area is 120 Å². The normalized spacial score (nSPS) is 15.4. The third-order valence-corrected chi connectivity index (χ3v) is 3.54. The molecule has 1 aromatic rings. The zero-order chi connectivity index (χ0) is 12.1. The summed E-state index contributed by atoms with van der Waals surface area (Å²) in [5, 5.41) is 4.28. The first-order chi connectivity index (χ1) is 8.29. The molecular formula is C14H21Cl2NO. The lowest BCUT2D eigenvalue weighted by Gasteiger charge is -2.13. The van der Waals surface area contributed by atoms with Gasteiger partial charge in [-0.05, 0) is 37.5 Å². The highest BCUT2D eigenvalue weighted by atomic mass is 35.5. The van der Waals surface area contributed by atoms with Gasteiger partial charge in [-0.25, -0.2) is 0 Å². The molecule has 2 rings (SSSR count). The van der Waals surface area contributed by atoms with Crippen molar-refractivity contribution >= 4 is 24.0 Å². The van der Waals surface area contributed by atoms with Crippen LogP contribution >= 0.6 is 24.0 Å². The number of benzene rings is 1. The zero-order valence-corrected chi connectivity index (χ0v) is 12.3. The van der Waals surface area contributed by atoms with E-state index in [1.54, 1.807) is 0 Å². The van der Waals surface area contributed by atoms with Crippen LogP contribution in [-0.2, 0) is 6.54 Å². The molecule has 0 spiro atoms. The van der Waals surface area contributed by atoms with Crippen molar-refractivity contribution in [1.82, 2.24) is 5.32 Å². The van der Waals surface area contributed by atoms with Crippen LogP contribution in [0.25, 0.3) is 0 Å². The Morgan fingerprint density at radius 1 is 1.33 bits per heavy atom. The van der Waals surface area contributed by atoms with E-state index in [-0.39, 0.29) is 12.4 Å². The summed E-state index contributed by atoms with van der Waals surface area (Å²) >= 11 is 6.15. The lowest BCUT2D eigenvalue weighted by Crippen LogP contribution is -2.25. The average molecular weight is 290 g/mol. The summed E-state index contributed by atoms with van der Waals surface area (Å²) in [7, 11) is 0. The molecule has 102 valence electrons. The van der Waals surface area contributed by atoms with Gasteiger partial charge in [0, 0.05) is 12.6 Å². The molecule has 0 aromatic heterocycles. The van der Waals surface area contributed by atoms with Crippen LogP contribution in [0.3, 0.4) is 0 Å². The van der Waals surface area contributed by atoms with Crippen LogP contribution in [0.1, 0.15) is 38.2 Å². The van der Waals surface area contributed by atoms with E-state index in [0.29, 0.717) is 17.7 Å². The number of nitrogens with one attached hydrogen (secondary N) is 1. The van der Waals surface area contributed by atoms with Crippen LogP contribution in [0.5, 0.6) is 5.75 Å². The third-order valence-electron chi connectivity index (χ3n) is 3.25. The van der Waals surface area contributed by atoms with Gasteiger partial charge in [0.05, 0.1) is 11.6 Å². The SMILES string of the molecule is CCOc1ccc(CNC2CCCC2)cc1Cl.Cl. The van der Waals surface area contributed by atoms with Crippen molar-refractivity contribution in [3.63, 3.8) is 0 Å². The maximum absolute atomic E-state index is 6.15. The van der Waals surface area contributed by atoms with E-state index in [1.165, 1.54) is 31.2 Å². The van der Waals surface area contributed by atoms with E-state index in [4.69, 9.17) is 16.3 Å². The van der Waals surface area contributed by atoms with Crippen molar-refractivity contribution in [2.45, 2.75) is 45.2 Å². The molecule has 1 aromatic carbocycles. The smallest absolute Gasteiger partial charge is 0.137 e. The van der Waals surface area contributed by atoms with Gasteiger partial charge in [0.15, 0.2) is 0 Å². The van der Waals surface area contributed by atoms with E-state index in [9.17, 15) is 0 Å². The second-order valence-electron chi connectivity index (χ2n) is 4.56. The van der Waals surface area contributed by atoms with Gasteiger partial charge < -0.3 is 10.1 Å². The van der Waals surface area contributed by atoms with Crippen LogP contribution in [0.15, 0.2) is 18.2 Å². The predicted molar refractivity (Wildman–Crippen MR) is 79.0 cm³/mol. The van der Waals surface area contributed by atoms with Crippen LogP contribution in [0.2, 0.25) is 5.02 Å². The van der Waals surface area contributed by atoms with E-state index in [0.717, 1.165) is 12.3 Å². The summed E-state index contributed by atoms with van der Waals surface area (Å²) in [6.45, 7) is 3.52. The van der Waals surface area contributed by atoms with Crippen molar-refractivity contribution in [3.05, 3.63) is 28.8 Å². The Bertz CT molecular complexity index is 365. The maximum Gasteiger partial charge on any atom is 0.137 e. The summed E-state index contributed by atoms with van der Waals surface area (Å²) in [6.07, 6.45) is 5.35. The minimum absolute atomic E-state index is 0. The molecule has 1 saturated carbocycles. The number of rotatable bonds is 5. The molecule has 1 aliphatic carbocycles. The van der Waals surface area contributed by atoms with Gasteiger partial charge >= 0.3 is 0 Å². The van der Waals surface area contributed by atoms with Crippen molar-refractivity contribution in [2.75, 3.05) is 6.61 Å². The molecule has 0 bridgehead atoms. The molecule has 4 heteroatoms. The fourth-order valence-electron chi connectivity index (χ4n) is 2.32. The largest absolute Gasteiger partial charge is 0.492 e. The topological polar surface area (TPSA) is 21.3 Å². The molecule has 0 unspecified atom stereocenters. The molecule has 0 amide bonds. The molecule has 0 aliphatic heterocycles. The van der Waals surface area contributed by atoms with E-state index < -0.39 is 0 Å². The highest BCUT2D eigenvalue weighted by Gasteiger charge is 2.13. The minimum Gasteiger partial charge on any atom is -0.492 e. The first kappa shape index (κ1) is 15.6. The van der Waals surface area contributed by atoms with Crippen LogP contribution in [-0.4, -0.2) is 12.6 Å². The predicted octanol–water partition coefficient (Wildman–Crippen LogP) is 4.19. The lowest BCUT2D eigenvalue weighted by molar-refractivity contribution is 0.340. The Balaban J connectivity index is 0.00000162. The number of halogens is 2. The summed E-state index contributed by atoms with van der Waals surface area (Å²) in [4.78, 5) is 0. The Morgan fingerprint density at radius 2 is 2.06 bits per heavy atom. The van der Waals surface area contributed by atoms with Gasteiger partial charge in [-0.1, -0.05) is 30.5 Å². The number of hydrogen-bond acceptors (Lipinski definition) is 2. The molecule has 0 heterocycles. The lowest BCUT2D eigenvalue weighted by atomic mass is 10.2.